The molecule has 3 rings (SSSR count). The summed E-state index contributed by atoms with van der Waals surface area (Å²) >= 11 is 0. The highest BCUT2D eigenvalue weighted by Crippen LogP contribution is 2.45. The Bertz CT molecular complexity index is 1130. The zero-order valence-corrected chi connectivity index (χ0v) is 23.7. The van der Waals surface area contributed by atoms with Crippen LogP contribution in [0, 0.1) is 5.92 Å². The fourth-order valence-corrected chi connectivity index (χ4v) is 6.44. The largest absolute Gasteiger partial charge is 0.465 e. The van der Waals surface area contributed by atoms with E-state index in [0.717, 1.165) is 4.90 Å². The molecule has 0 bridgehead atoms. The summed E-state index contributed by atoms with van der Waals surface area (Å²) < 4.78 is 32.8. The van der Waals surface area contributed by atoms with Crippen LogP contribution in [0.1, 0.15) is 58.8 Å². The monoisotopic (exact) mass is 584 g/mol. The highest BCUT2D eigenvalue weighted by atomic mass is 32.2. The minimum Gasteiger partial charge on any atom is -0.465 e. The number of rotatable bonds is 15. The molecule has 0 spiro atoms. The molecule has 2 saturated carbocycles. The van der Waals surface area contributed by atoms with E-state index in [2.05, 4.69) is 28.5 Å². The minimum absolute atomic E-state index is 0.120. The van der Waals surface area contributed by atoms with E-state index >= 15 is 0 Å². The fraction of sp³-hybridized carbons (Fsp3) is 0.692. The van der Waals surface area contributed by atoms with E-state index in [-0.39, 0.29) is 31.9 Å². The number of hydrogen-bond donors (Lipinski definition) is 5. The van der Waals surface area contributed by atoms with Crippen LogP contribution in [0.2, 0.25) is 0 Å². The first kappa shape index (κ1) is 31.6. The van der Waals surface area contributed by atoms with E-state index in [1.165, 1.54) is 6.08 Å². The second-order valence-corrected chi connectivity index (χ2v) is 12.7. The second kappa shape index (κ2) is 12.7. The van der Waals surface area contributed by atoms with Crippen molar-refractivity contribution in [2.45, 2.75) is 100.0 Å². The minimum atomic E-state index is -3.87. The fourth-order valence-electron chi connectivity index (χ4n) is 5.08. The number of aliphatic hydroxyl groups is 1. The molecule has 4 amide bonds. The lowest BCUT2D eigenvalue weighted by Crippen LogP contribution is -2.60. The molecule has 0 aromatic rings. The first-order chi connectivity index (χ1) is 18.8. The third-order valence-electron chi connectivity index (χ3n) is 7.62. The Morgan fingerprint density at radius 3 is 2.42 bits per heavy atom. The maximum Gasteiger partial charge on any atom is 0.405 e. The Morgan fingerprint density at radius 1 is 1.23 bits per heavy atom. The Balaban J connectivity index is 1.79. The first-order valence-corrected chi connectivity index (χ1v) is 15.1. The van der Waals surface area contributed by atoms with Gasteiger partial charge in [0.2, 0.25) is 21.8 Å². The standard InChI is InChI=1S/C26H40N4O9S/c1-5-8-9-15(4)39-20(7-3)21(27-25(35)36)23(33)30-14-17(31)12-19(30)22(32)28-26(13-16(26)6-2)24(34)29-40(37,38)18-10-11-18/h5-6,15-21,27,31H,1-2,7-14H2,3-4H3,(H,28,32)(H,29,34)(H,35,36)/t15-,16-,17-,19+,20+,21+,26-/m1/s1. The summed E-state index contributed by atoms with van der Waals surface area (Å²) in [6.45, 7) is 10.6. The van der Waals surface area contributed by atoms with E-state index < -0.39 is 74.8 Å². The number of nitrogens with one attached hydrogen (secondary N) is 3. The summed E-state index contributed by atoms with van der Waals surface area (Å²) in [7, 11) is -3.87. The number of aliphatic hydroxyl groups excluding tert-OH is 1. The molecule has 13 nitrogen and oxygen atoms in total. The number of β-amino-alcohol motifs (C(OH)–C–C–N with tert-alkyl or cyclic N) is 1. The van der Waals surface area contributed by atoms with Crippen LogP contribution in [0.4, 0.5) is 4.79 Å². The molecular weight excluding hydrogens is 544 g/mol. The maximum absolute atomic E-state index is 13.7. The predicted octanol–water partition coefficient (Wildman–Crippen LogP) is 0.404. The number of sulfonamides is 1. The lowest BCUT2D eigenvalue weighted by atomic mass is 10.0. The maximum atomic E-state index is 13.7. The smallest absolute Gasteiger partial charge is 0.405 e. The molecule has 0 radical (unpaired) electrons. The molecule has 1 aliphatic heterocycles. The quantitative estimate of drug-likeness (QED) is 0.170. The predicted molar refractivity (Wildman–Crippen MR) is 144 cm³/mol. The summed E-state index contributed by atoms with van der Waals surface area (Å²) in [5.74, 6) is -2.94. The van der Waals surface area contributed by atoms with Crippen LogP contribution in [0.5, 0.6) is 0 Å². The molecule has 0 aromatic carbocycles. The van der Waals surface area contributed by atoms with Gasteiger partial charge in [0.1, 0.15) is 17.6 Å². The molecule has 0 aromatic heterocycles. The molecule has 3 fully saturated rings. The SMILES string of the molecule is C=CCC[C@@H](C)O[C@@H](CC)[C@H](NC(=O)O)C(=O)N1C[C@H](O)C[C@H]1C(=O)N[C@]1(C(=O)NS(=O)(=O)C2CC2)C[C@H]1C=C. The normalized spacial score (nSPS) is 28.1. The third kappa shape index (κ3) is 7.21. The molecule has 2 aliphatic carbocycles. The van der Waals surface area contributed by atoms with Crippen LogP contribution in [0.25, 0.3) is 0 Å². The summed E-state index contributed by atoms with van der Waals surface area (Å²) in [6.07, 6.45) is 1.87. The van der Waals surface area contributed by atoms with Crippen molar-refractivity contribution >= 4 is 33.8 Å². The van der Waals surface area contributed by atoms with Gasteiger partial charge in [-0.3, -0.25) is 19.1 Å². The number of ether oxygens (including phenoxy) is 1. The van der Waals surface area contributed by atoms with E-state index in [1.807, 2.05) is 0 Å². The van der Waals surface area contributed by atoms with Gasteiger partial charge in [-0.25, -0.2) is 13.2 Å². The number of amides is 4. The number of carboxylic acid groups (broad SMARTS) is 1. The van der Waals surface area contributed by atoms with Gasteiger partial charge in [0.25, 0.3) is 5.91 Å². The van der Waals surface area contributed by atoms with E-state index in [0.29, 0.717) is 25.7 Å². The average Bonchev–Trinajstić information content (AvgIpc) is 3.81. The molecule has 1 saturated heterocycles. The summed E-state index contributed by atoms with van der Waals surface area (Å²) in [6, 6.07) is -2.59. The van der Waals surface area contributed by atoms with Crippen LogP contribution < -0.4 is 15.4 Å². The van der Waals surface area contributed by atoms with Crippen molar-refractivity contribution in [3.63, 3.8) is 0 Å². The van der Waals surface area contributed by atoms with Gasteiger partial charge >= 0.3 is 6.09 Å². The van der Waals surface area contributed by atoms with Gasteiger partial charge in [0, 0.05) is 18.9 Å². The number of allylic oxidation sites excluding steroid dienone is 1. The zero-order valence-electron chi connectivity index (χ0n) is 22.9. The molecule has 0 unspecified atom stereocenters. The highest BCUT2D eigenvalue weighted by molar-refractivity contribution is 7.91. The van der Waals surface area contributed by atoms with Gasteiger partial charge < -0.3 is 30.5 Å². The summed E-state index contributed by atoms with van der Waals surface area (Å²) in [5.41, 5.74) is -1.56. The molecular formula is C26H40N4O9S. The lowest BCUT2D eigenvalue weighted by molar-refractivity contribution is -0.145. The van der Waals surface area contributed by atoms with Crippen molar-refractivity contribution in [2.24, 2.45) is 5.92 Å². The average molecular weight is 585 g/mol. The lowest BCUT2D eigenvalue weighted by Gasteiger charge is -2.33. The summed E-state index contributed by atoms with van der Waals surface area (Å²) in [5, 5.41) is 24.0. The Labute approximate surface area is 234 Å². The topological polar surface area (TPSA) is 191 Å². The number of hydrogen-bond acceptors (Lipinski definition) is 8. The highest BCUT2D eigenvalue weighted by Gasteiger charge is 2.62. The van der Waals surface area contributed by atoms with Gasteiger partial charge in [0.05, 0.1) is 23.6 Å². The molecule has 1 heterocycles. The van der Waals surface area contributed by atoms with Crippen molar-refractivity contribution in [2.75, 3.05) is 6.54 Å². The number of nitrogens with zero attached hydrogens (tertiary/aromatic N) is 1. The van der Waals surface area contributed by atoms with Crippen molar-refractivity contribution in [1.29, 1.82) is 0 Å². The molecule has 14 heteroatoms. The van der Waals surface area contributed by atoms with Crippen LogP contribution in [-0.4, -0.2) is 95.1 Å². The number of carbonyl (C=O) groups is 4. The van der Waals surface area contributed by atoms with Crippen LogP contribution in [0.15, 0.2) is 25.3 Å². The Morgan fingerprint density at radius 2 is 1.90 bits per heavy atom. The first-order valence-electron chi connectivity index (χ1n) is 13.5. The second-order valence-electron chi connectivity index (χ2n) is 10.8. The zero-order chi connectivity index (χ0) is 29.8. The van der Waals surface area contributed by atoms with Crippen molar-refractivity contribution < 1.29 is 42.5 Å². The van der Waals surface area contributed by atoms with Gasteiger partial charge in [0.15, 0.2) is 0 Å². The van der Waals surface area contributed by atoms with Gasteiger partial charge in [-0.05, 0) is 45.4 Å². The van der Waals surface area contributed by atoms with Crippen molar-refractivity contribution in [3.8, 4) is 0 Å². The third-order valence-corrected chi connectivity index (χ3v) is 9.44. The van der Waals surface area contributed by atoms with E-state index in [1.54, 1.807) is 19.9 Å². The van der Waals surface area contributed by atoms with Crippen LogP contribution >= 0.6 is 0 Å². The molecule has 224 valence electrons. The van der Waals surface area contributed by atoms with Crippen LogP contribution in [-0.2, 0) is 29.1 Å². The van der Waals surface area contributed by atoms with Crippen molar-refractivity contribution in [3.05, 3.63) is 25.3 Å². The summed E-state index contributed by atoms with van der Waals surface area (Å²) in [4.78, 5) is 52.9. The molecule has 5 N–H and O–H groups in total. The Kier molecular flexibility index (Phi) is 10.0. The van der Waals surface area contributed by atoms with Crippen LogP contribution in [0.3, 0.4) is 0 Å². The van der Waals surface area contributed by atoms with Crippen molar-refractivity contribution in [1.82, 2.24) is 20.3 Å². The Hall–Kier alpha value is -2.97. The van der Waals surface area contributed by atoms with Gasteiger partial charge in [-0.15, -0.1) is 13.2 Å². The number of likely N-dealkylation sites (tertiary alicyclic amines) is 1. The van der Waals surface area contributed by atoms with E-state index in [4.69, 9.17) is 4.74 Å². The number of carbonyl (C=O) groups excluding carboxylic acids is 3. The molecule has 3 aliphatic rings. The van der Waals surface area contributed by atoms with Gasteiger partial charge in [-0.1, -0.05) is 19.1 Å². The van der Waals surface area contributed by atoms with Gasteiger partial charge in [-0.2, -0.15) is 0 Å². The molecule has 7 atom stereocenters. The molecule has 40 heavy (non-hydrogen) atoms. The van der Waals surface area contributed by atoms with E-state index in [9.17, 15) is 37.8 Å².